The van der Waals surface area contributed by atoms with Crippen molar-refractivity contribution in [3.8, 4) is 0 Å². The second kappa shape index (κ2) is 5.68. The molecule has 100 valence electrons. The smallest absolute Gasteiger partial charge is 0.0229 e. The van der Waals surface area contributed by atoms with Gasteiger partial charge in [-0.05, 0) is 51.7 Å². The summed E-state index contributed by atoms with van der Waals surface area (Å²) in [4.78, 5) is 5.10. The van der Waals surface area contributed by atoms with Crippen LogP contribution < -0.4 is 5.73 Å². The van der Waals surface area contributed by atoms with Gasteiger partial charge < -0.3 is 10.6 Å². The molecule has 1 aliphatic heterocycles. The molecule has 4 unspecified atom stereocenters. The fourth-order valence-corrected chi connectivity index (χ4v) is 3.63. The normalized spacial score (nSPS) is 40.1. The maximum atomic E-state index is 5.96. The van der Waals surface area contributed by atoms with E-state index in [0.29, 0.717) is 0 Å². The highest BCUT2D eigenvalue weighted by molar-refractivity contribution is 4.91. The average Bonchev–Trinajstić information content (AvgIpc) is 2.78. The monoisotopic (exact) mass is 239 g/mol. The van der Waals surface area contributed by atoms with E-state index in [-0.39, 0.29) is 0 Å². The van der Waals surface area contributed by atoms with E-state index in [0.717, 1.165) is 30.5 Å². The summed E-state index contributed by atoms with van der Waals surface area (Å²) in [5.41, 5.74) is 5.96. The summed E-state index contributed by atoms with van der Waals surface area (Å²) in [5.74, 6) is 1.63. The highest BCUT2D eigenvalue weighted by Gasteiger charge is 2.36. The minimum absolute atomic E-state index is 0.743. The molecule has 1 saturated carbocycles. The third-order valence-electron chi connectivity index (χ3n) is 4.92. The number of nitrogens with zero attached hydrogens (tertiary/aromatic N) is 2. The van der Waals surface area contributed by atoms with Crippen molar-refractivity contribution in [2.45, 2.75) is 44.7 Å². The molecule has 3 heteroatoms. The van der Waals surface area contributed by atoms with E-state index in [2.05, 4.69) is 30.8 Å². The van der Waals surface area contributed by atoms with Crippen LogP contribution in [0.15, 0.2) is 0 Å². The number of hydrogen-bond donors (Lipinski definition) is 1. The van der Waals surface area contributed by atoms with Crippen LogP contribution in [0.5, 0.6) is 0 Å². The van der Waals surface area contributed by atoms with E-state index in [9.17, 15) is 0 Å². The Balaban J connectivity index is 1.95. The molecule has 17 heavy (non-hydrogen) atoms. The fraction of sp³-hybridized carbons (Fsp3) is 1.00. The van der Waals surface area contributed by atoms with Gasteiger partial charge >= 0.3 is 0 Å². The number of hydrogen-bond acceptors (Lipinski definition) is 3. The van der Waals surface area contributed by atoms with E-state index >= 15 is 0 Å². The van der Waals surface area contributed by atoms with Crippen molar-refractivity contribution in [3.05, 3.63) is 0 Å². The second-order valence-corrected chi connectivity index (χ2v) is 6.38. The first kappa shape index (κ1) is 13.3. The van der Waals surface area contributed by atoms with Crippen molar-refractivity contribution < 1.29 is 0 Å². The average molecular weight is 239 g/mol. The molecule has 0 aromatic heterocycles. The van der Waals surface area contributed by atoms with Gasteiger partial charge in [-0.25, -0.2) is 0 Å². The Morgan fingerprint density at radius 3 is 2.59 bits per heavy atom. The predicted molar refractivity (Wildman–Crippen MR) is 73.0 cm³/mol. The highest BCUT2D eigenvalue weighted by atomic mass is 15.2. The van der Waals surface area contributed by atoms with Gasteiger partial charge in [0, 0.05) is 25.2 Å². The standard InChI is InChI=1S/C14H29N3/c1-11-4-5-12(9-15)14(8-11)17-7-6-13(10-17)16(2)3/h11-14H,4-10,15H2,1-3H3. The number of likely N-dealkylation sites (N-methyl/N-ethyl adjacent to an activating group) is 1. The topological polar surface area (TPSA) is 32.5 Å². The Kier molecular flexibility index (Phi) is 4.45. The quantitative estimate of drug-likeness (QED) is 0.808. The molecule has 2 rings (SSSR count). The molecule has 0 amide bonds. The maximum Gasteiger partial charge on any atom is 0.0229 e. The van der Waals surface area contributed by atoms with Crippen molar-refractivity contribution in [1.82, 2.24) is 9.80 Å². The highest BCUT2D eigenvalue weighted by Crippen LogP contribution is 2.33. The van der Waals surface area contributed by atoms with Crippen molar-refractivity contribution in [3.63, 3.8) is 0 Å². The SMILES string of the molecule is CC1CCC(CN)C(N2CCC(N(C)C)C2)C1. The number of nitrogens with two attached hydrogens (primary N) is 1. The van der Waals surface area contributed by atoms with E-state index in [1.54, 1.807) is 0 Å². The Morgan fingerprint density at radius 1 is 1.24 bits per heavy atom. The van der Waals surface area contributed by atoms with Gasteiger partial charge in [-0.3, -0.25) is 4.90 Å². The van der Waals surface area contributed by atoms with Crippen LogP contribution in [0.25, 0.3) is 0 Å². The van der Waals surface area contributed by atoms with Gasteiger partial charge in [0.15, 0.2) is 0 Å². The number of rotatable bonds is 3. The lowest BCUT2D eigenvalue weighted by Crippen LogP contribution is -2.46. The van der Waals surface area contributed by atoms with Crippen molar-refractivity contribution in [1.29, 1.82) is 0 Å². The molecule has 0 radical (unpaired) electrons. The van der Waals surface area contributed by atoms with Crippen LogP contribution in [0.1, 0.15) is 32.6 Å². The molecule has 4 atom stereocenters. The molecule has 0 spiro atoms. The van der Waals surface area contributed by atoms with Crippen LogP contribution in [-0.4, -0.2) is 55.6 Å². The lowest BCUT2D eigenvalue weighted by atomic mass is 9.78. The summed E-state index contributed by atoms with van der Waals surface area (Å²) in [5, 5.41) is 0. The Morgan fingerprint density at radius 2 is 2.00 bits per heavy atom. The third kappa shape index (κ3) is 3.01. The molecule has 1 heterocycles. The molecule has 0 aromatic carbocycles. The van der Waals surface area contributed by atoms with Crippen molar-refractivity contribution in [2.24, 2.45) is 17.6 Å². The molecule has 2 aliphatic rings. The first-order valence-electron chi connectivity index (χ1n) is 7.22. The predicted octanol–water partition coefficient (Wildman–Crippen LogP) is 1.39. The lowest BCUT2D eigenvalue weighted by molar-refractivity contribution is 0.101. The van der Waals surface area contributed by atoms with Crippen LogP contribution in [0.4, 0.5) is 0 Å². The van der Waals surface area contributed by atoms with E-state index < -0.39 is 0 Å². The van der Waals surface area contributed by atoms with Gasteiger partial charge in [-0.2, -0.15) is 0 Å². The van der Waals surface area contributed by atoms with E-state index in [4.69, 9.17) is 5.73 Å². The zero-order chi connectivity index (χ0) is 12.4. The minimum Gasteiger partial charge on any atom is -0.330 e. The maximum absolute atomic E-state index is 5.96. The third-order valence-corrected chi connectivity index (χ3v) is 4.92. The first-order valence-corrected chi connectivity index (χ1v) is 7.22. The summed E-state index contributed by atoms with van der Waals surface area (Å²) in [6.45, 7) is 5.80. The summed E-state index contributed by atoms with van der Waals surface area (Å²) in [6.07, 6.45) is 5.41. The minimum atomic E-state index is 0.743. The van der Waals surface area contributed by atoms with Gasteiger partial charge in [-0.15, -0.1) is 0 Å². The van der Waals surface area contributed by atoms with Crippen LogP contribution in [-0.2, 0) is 0 Å². The van der Waals surface area contributed by atoms with Gasteiger partial charge in [0.25, 0.3) is 0 Å². The first-order chi connectivity index (χ1) is 8.11. The zero-order valence-corrected chi connectivity index (χ0v) is 11.7. The fourth-order valence-electron chi connectivity index (χ4n) is 3.63. The van der Waals surface area contributed by atoms with Gasteiger partial charge in [0.1, 0.15) is 0 Å². The molecule has 2 fully saturated rings. The summed E-state index contributed by atoms with van der Waals surface area (Å²) >= 11 is 0. The van der Waals surface area contributed by atoms with Crippen LogP contribution >= 0.6 is 0 Å². The summed E-state index contributed by atoms with van der Waals surface area (Å²) in [7, 11) is 4.41. The Bertz CT molecular complexity index is 242. The molecule has 1 saturated heterocycles. The van der Waals surface area contributed by atoms with E-state index in [1.807, 2.05) is 0 Å². The van der Waals surface area contributed by atoms with Crippen LogP contribution in [0.2, 0.25) is 0 Å². The molecule has 3 nitrogen and oxygen atoms in total. The number of likely N-dealkylation sites (tertiary alicyclic amines) is 1. The molecule has 0 bridgehead atoms. The molecule has 2 N–H and O–H groups in total. The molecule has 1 aliphatic carbocycles. The van der Waals surface area contributed by atoms with Gasteiger partial charge in [0.2, 0.25) is 0 Å². The lowest BCUT2D eigenvalue weighted by Gasteiger charge is -2.40. The Hall–Kier alpha value is -0.120. The largest absolute Gasteiger partial charge is 0.330 e. The van der Waals surface area contributed by atoms with Crippen molar-refractivity contribution in [2.75, 3.05) is 33.7 Å². The summed E-state index contributed by atoms with van der Waals surface area (Å²) < 4.78 is 0. The summed E-state index contributed by atoms with van der Waals surface area (Å²) in [6, 6.07) is 1.51. The molecular weight excluding hydrogens is 210 g/mol. The zero-order valence-electron chi connectivity index (χ0n) is 11.7. The Labute approximate surface area is 106 Å². The molecular formula is C14H29N3. The van der Waals surface area contributed by atoms with Crippen LogP contribution in [0.3, 0.4) is 0 Å². The van der Waals surface area contributed by atoms with Gasteiger partial charge in [0.05, 0.1) is 0 Å². The molecule has 0 aromatic rings. The van der Waals surface area contributed by atoms with Crippen molar-refractivity contribution >= 4 is 0 Å². The van der Waals surface area contributed by atoms with Crippen LogP contribution in [0, 0.1) is 11.8 Å². The second-order valence-electron chi connectivity index (χ2n) is 6.38. The van der Waals surface area contributed by atoms with Gasteiger partial charge in [-0.1, -0.05) is 13.3 Å². The van der Waals surface area contributed by atoms with E-state index in [1.165, 1.54) is 38.8 Å².